The molecule has 20 heavy (non-hydrogen) atoms. The zero-order valence-corrected chi connectivity index (χ0v) is 11.5. The first-order valence-corrected chi connectivity index (χ1v) is 7.07. The molecule has 0 radical (unpaired) electrons. The van der Waals surface area contributed by atoms with Gasteiger partial charge in [-0.1, -0.05) is 19.1 Å². The number of ketones is 1. The fraction of sp³-hybridized carbons (Fsp3) is 0.438. The Morgan fingerprint density at radius 1 is 1.10 bits per heavy atom. The summed E-state index contributed by atoms with van der Waals surface area (Å²) < 4.78 is 0. The molecule has 3 rings (SSSR count). The van der Waals surface area contributed by atoms with E-state index in [1.807, 2.05) is 6.92 Å². The molecule has 1 aliphatic heterocycles. The lowest BCUT2D eigenvalue weighted by Crippen LogP contribution is -2.39. The van der Waals surface area contributed by atoms with E-state index in [1.165, 1.54) is 4.90 Å². The maximum atomic E-state index is 12.3. The first-order chi connectivity index (χ1) is 9.59. The molecule has 1 aliphatic carbocycles. The van der Waals surface area contributed by atoms with E-state index in [4.69, 9.17) is 0 Å². The molecule has 2 amide bonds. The molecule has 104 valence electrons. The van der Waals surface area contributed by atoms with E-state index in [-0.39, 0.29) is 29.4 Å². The van der Waals surface area contributed by atoms with Gasteiger partial charge < -0.3 is 0 Å². The van der Waals surface area contributed by atoms with Crippen LogP contribution in [-0.2, 0) is 4.79 Å². The van der Waals surface area contributed by atoms with E-state index in [0.717, 1.165) is 12.8 Å². The van der Waals surface area contributed by atoms with Gasteiger partial charge in [-0.15, -0.1) is 0 Å². The highest BCUT2D eigenvalue weighted by atomic mass is 16.2. The smallest absolute Gasteiger partial charge is 0.261 e. The second-order valence-electron chi connectivity index (χ2n) is 5.67. The molecule has 1 aromatic carbocycles. The Bertz CT molecular complexity index is 558. The summed E-state index contributed by atoms with van der Waals surface area (Å²) in [5.41, 5.74) is 0.958. The lowest BCUT2D eigenvalue weighted by molar-refractivity contribution is -0.126. The Kier molecular flexibility index (Phi) is 3.16. The van der Waals surface area contributed by atoms with Crippen molar-refractivity contribution in [2.45, 2.75) is 26.2 Å². The molecular weight excluding hydrogens is 254 g/mol. The predicted molar refractivity (Wildman–Crippen MR) is 73.3 cm³/mol. The van der Waals surface area contributed by atoms with Gasteiger partial charge in [0, 0.05) is 18.9 Å². The zero-order chi connectivity index (χ0) is 14.3. The minimum Gasteiger partial charge on any atom is -0.299 e. The summed E-state index contributed by atoms with van der Waals surface area (Å²) in [7, 11) is 0. The van der Waals surface area contributed by atoms with Gasteiger partial charge in [0.2, 0.25) is 0 Å². The normalized spacial score (nSPS) is 26.1. The minimum absolute atomic E-state index is 0.0620. The van der Waals surface area contributed by atoms with Crippen LogP contribution in [-0.4, -0.2) is 29.0 Å². The molecule has 0 N–H and O–H groups in total. The number of fused-ring (bicyclic) bond motifs is 1. The molecule has 1 fully saturated rings. The minimum atomic E-state index is -0.226. The first-order valence-electron chi connectivity index (χ1n) is 7.07. The second kappa shape index (κ2) is 4.85. The Labute approximate surface area is 117 Å². The average Bonchev–Trinajstić information content (AvgIpc) is 2.69. The largest absolute Gasteiger partial charge is 0.299 e. The number of rotatable bonds is 2. The van der Waals surface area contributed by atoms with E-state index in [1.54, 1.807) is 24.3 Å². The number of benzene rings is 1. The van der Waals surface area contributed by atoms with E-state index >= 15 is 0 Å². The quantitative estimate of drug-likeness (QED) is 0.775. The summed E-state index contributed by atoms with van der Waals surface area (Å²) in [6.07, 6.45) is 2.39. The van der Waals surface area contributed by atoms with E-state index in [9.17, 15) is 14.4 Å². The van der Waals surface area contributed by atoms with E-state index in [0.29, 0.717) is 24.1 Å². The molecule has 0 bridgehead atoms. The molecule has 1 heterocycles. The van der Waals surface area contributed by atoms with Crippen LogP contribution in [0.25, 0.3) is 0 Å². The van der Waals surface area contributed by atoms with Crippen molar-refractivity contribution >= 4 is 17.6 Å². The monoisotopic (exact) mass is 271 g/mol. The van der Waals surface area contributed by atoms with Gasteiger partial charge in [0.1, 0.15) is 5.78 Å². The summed E-state index contributed by atoms with van der Waals surface area (Å²) in [6, 6.07) is 6.90. The van der Waals surface area contributed by atoms with Crippen LogP contribution in [0.5, 0.6) is 0 Å². The SMILES string of the molecule is CC1C(=O)CCCC1CN1C(=O)c2ccccc2C1=O. The van der Waals surface area contributed by atoms with Crippen molar-refractivity contribution < 1.29 is 14.4 Å². The molecule has 1 saturated carbocycles. The third-order valence-corrected chi connectivity index (χ3v) is 4.51. The Hall–Kier alpha value is -1.97. The van der Waals surface area contributed by atoms with Gasteiger partial charge in [-0.2, -0.15) is 0 Å². The fourth-order valence-corrected chi connectivity index (χ4v) is 3.17. The van der Waals surface area contributed by atoms with Crippen molar-refractivity contribution in [1.82, 2.24) is 4.90 Å². The number of carbonyl (C=O) groups is 3. The van der Waals surface area contributed by atoms with Gasteiger partial charge >= 0.3 is 0 Å². The van der Waals surface area contributed by atoms with Gasteiger partial charge in [-0.05, 0) is 30.9 Å². The summed E-state index contributed by atoms with van der Waals surface area (Å²) in [4.78, 5) is 37.7. The molecule has 0 spiro atoms. The number of Topliss-reactive ketones (excluding diaryl/α,β-unsaturated/α-hetero) is 1. The van der Waals surface area contributed by atoms with Crippen molar-refractivity contribution in [1.29, 1.82) is 0 Å². The lowest BCUT2D eigenvalue weighted by atomic mass is 9.79. The Morgan fingerprint density at radius 2 is 1.70 bits per heavy atom. The molecule has 0 aromatic heterocycles. The molecular formula is C16H17NO3. The third kappa shape index (κ3) is 1.96. The summed E-state index contributed by atoms with van der Waals surface area (Å²) in [5.74, 6) is -0.170. The highest BCUT2D eigenvalue weighted by Gasteiger charge is 2.38. The third-order valence-electron chi connectivity index (χ3n) is 4.51. The van der Waals surface area contributed by atoms with Crippen LogP contribution in [0.15, 0.2) is 24.3 Å². The lowest BCUT2D eigenvalue weighted by Gasteiger charge is -2.30. The summed E-state index contributed by atoms with van der Waals surface area (Å²) in [6.45, 7) is 2.27. The average molecular weight is 271 g/mol. The van der Waals surface area contributed by atoms with Crippen LogP contribution in [0, 0.1) is 11.8 Å². The van der Waals surface area contributed by atoms with Crippen molar-refractivity contribution in [3.8, 4) is 0 Å². The van der Waals surface area contributed by atoms with Crippen LogP contribution < -0.4 is 0 Å². The van der Waals surface area contributed by atoms with Crippen molar-refractivity contribution in [2.24, 2.45) is 11.8 Å². The molecule has 4 heteroatoms. The van der Waals surface area contributed by atoms with Crippen LogP contribution in [0.3, 0.4) is 0 Å². The van der Waals surface area contributed by atoms with Gasteiger partial charge in [0.15, 0.2) is 0 Å². The van der Waals surface area contributed by atoms with E-state index in [2.05, 4.69) is 0 Å². The van der Waals surface area contributed by atoms with E-state index < -0.39 is 0 Å². The molecule has 0 saturated heterocycles. The number of nitrogens with zero attached hydrogens (tertiary/aromatic N) is 1. The predicted octanol–water partition coefficient (Wildman–Crippen LogP) is 2.29. The van der Waals surface area contributed by atoms with Crippen LogP contribution >= 0.6 is 0 Å². The summed E-state index contributed by atoms with van der Waals surface area (Å²) in [5, 5.41) is 0. The number of hydrogen-bond donors (Lipinski definition) is 0. The van der Waals surface area contributed by atoms with Gasteiger partial charge in [-0.3, -0.25) is 19.3 Å². The van der Waals surface area contributed by atoms with Crippen LogP contribution in [0.4, 0.5) is 0 Å². The fourth-order valence-electron chi connectivity index (χ4n) is 3.17. The Morgan fingerprint density at radius 3 is 2.30 bits per heavy atom. The highest BCUT2D eigenvalue weighted by molar-refractivity contribution is 6.21. The first kappa shape index (κ1) is 13.0. The summed E-state index contributed by atoms with van der Waals surface area (Å²) >= 11 is 0. The molecule has 2 atom stereocenters. The highest BCUT2D eigenvalue weighted by Crippen LogP contribution is 2.31. The van der Waals surface area contributed by atoms with Crippen LogP contribution in [0.1, 0.15) is 46.9 Å². The molecule has 2 aliphatic rings. The van der Waals surface area contributed by atoms with Crippen molar-refractivity contribution in [3.05, 3.63) is 35.4 Å². The standard InChI is InChI=1S/C16H17NO3/c1-10-11(5-4-8-14(10)18)9-17-15(19)12-6-2-3-7-13(12)16(17)20/h2-3,6-7,10-11H,4-5,8-9H2,1H3. The molecule has 4 nitrogen and oxygen atoms in total. The van der Waals surface area contributed by atoms with Crippen molar-refractivity contribution in [2.75, 3.05) is 6.54 Å². The molecule has 1 aromatic rings. The number of imide groups is 1. The van der Waals surface area contributed by atoms with Gasteiger partial charge in [-0.25, -0.2) is 0 Å². The van der Waals surface area contributed by atoms with Gasteiger partial charge in [0.05, 0.1) is 11.1 Å². The topological polar surface area (TPSA) is 54.5 Å². The number of carbonyl (C=O) groups excluding carboxylic acids is 3. The number of amides is 2. The van der Waals surface area contributed by atoms with Crippen LogP contribution in [0.2, 0.25) is 0 Å². The second-order valence-corrected chi connectivity index (χ2v) is 5.67. The molecule has 2 unspecified atom stereocenters. The van der Waals surface area contributed by atoms with Gasteiger partial charge in [0.25, 0.3) is 11.8 Å². The van der Waals surface area contributed by atoms with Crippen molar-refractivity contribution in [3.63, 3.8) is 0 Å². The number of hydrogen-bond acceptors (Lipinski definition) is 3. The zero-order valence-electron chi connectivity index (χ0n) is 11.5. The maximum absolute atomic E-state index is 12.3. The Balaban J connectivity index is 1.81. The maximum Gasteiger partial charge on any atom is 0.261 e.